The Labute approximate surface area is 348 Å². The van der Waals surface area contributed by atoms with Crippen molar-refractivity contribution in [3.8, 4) is 6.07 Å². The number of thiocarbonyl (C=S) groups is 1. The number of nitriles is 1. The molecule has 1 aliphatic carbocycles. The lowest BCUT2D eigenvalue weighted by molar-refractivity contribution is -0.138. The lowest BCUT2D eigenvalue weighted by Crippen LogP contribution is -2.58. The van der Waals surface area contributed by atoms with E-state index in [1.165, 1.54) is 6.07 Å². The van der Waals surface area contributed by atoms with Gasteiger partial charge < -0.3 is 19.9 Å². The van der Waals surface area contributed by atoms with E-state index in [0.717, 1.165) is 61.5 Å². The Morgan fingerprint density at radius 3 is 2.36 bits per heavy atom. The summed E-state index contributed by atoms with van der Waals surface area (Å²) in [5.41, 5.74) is -1.31. The van der Waals surface area contributed by atoms with Gasteiger partial charge in [-0.1, -0.05) is 12.1 Å². The van der Waals surface area contributed by atoms with Gasteiger partial charge in [-0.25, -0.2) is 0 Å². The number of carbonyl (C=O) groups is 4. The van der Waals surface area contributed by atoms with E-state index < -0.39 is 34.7 Å². The molecule has 2 aromatic rings. The summed E-state index contributed by atoms with van der Waals surface area (Å²) in [4.78, 5) is 58.3. The predicted molar refractivity (Wildman–Crippen MR) is 218 cm³/mol. The molecule has 3 atom stereocenters. The molecule has 1 saturated carbocycles. The van der Waals surface area contributed by atoms with Crippen molar-refractivity contribution >= 4 is 64.7 Å². The van der Waals surface area contributed by atoms with Crippen molar-refractivity contribution < 1.29 is 37.1 Å². The SMILES string of the molecule is C[C@@H]1CN(CCCOC2CCC(N3C(=S)N(c4ccc(C#N)c(C(F)(F)F)c4)C(=O)C3(C)C)CC2)C[C@H](C)N1CC(=O)Nc1cccc(C2CCC(=O)NC2=O)c1.Cl. The van der Waals surface area contributed by atoms with Gasteiger partial charge in [0.2, 0.25) is 17.7 Å². The molecule has 0 bridgehead atoms. The second kappa shape index (κ2) is 18.4. The van der Waals surface area contributed by atoms with E-state index in [2.05, 4.69) is 34.3 Å². The van der Waals surface area contributed by atoms with Crippen LogP contribution in [-0.4, -0.2) is 106 Å². The van der Waals surface area contributed by atoms with Gasteiger partial charge in [-0.05, 0) is 114 Å². The van der Waals surface area contributed by atoms with Crippen molar-refractivity contribution in [3.63, 3.8) is 0 Å². The van der Waals surface area contributed by atoms with Crippen LogP contribution in [0.1, 0.15) is 95.2 Å². The number of ether oxygens (including phenoxy) is 1. The van der Waals surface area contributed by atoms with Crippen LogP contribution in [0.2, 0.25) is 0 Å². The molecular weight excluding hydrogens is 795 g/mol. The highest BCUT2D eigenvalue weighted by atomic mass is 35.5. The molecule has 4 aliphatic rings. The van der Waals surface area contributed by atoms with Crippen LogP contribution in [0.4, 0.5) is 24.5 Å². The summed E-state index contributed by atoms with van der Waals surface area (Å²) < 4.78 is 47.5. The molecular formula is C41H51ClF3N7O5S. The van der Waals surface area contributed by atoms with E-state index in [4.69, 9.17) is 17.0 Å². The van der Waals surface area contributed by atoms with Crippen LogP contribution in [0.5, 0.6) is 0 Å². The maximum atomic E-state index is 13.7. The molecule has 0 spiro atoms. The number of nitrogens with zero attached hydrogens (tertiary/aromatic N) is 5. The summed E-state index contributed by atoms with van der Waals surface area (Å²) >= 11 is 5.73. The molecule has 2 aromatic carbocycles. The molecule has 0 aromatic heterocycles. The number of hydrogen-bond acceptors (Lipinski definition) is 9. The van der Waals surface area contributed by atoms with Gasteiger partial charge in [-0.3, -0.25) is 34.3 Å². The van der Waals surface area contributed by atoms with Crippen molar-refractivity contribution in [1.29, 1.82) is 5.26 Å². The molecule has 314 valence electrons. The van der Waals surface area contributed by atoms with Gasteiger partial charge in [-0.15, -0.1) is 12.4 Å². The van der Waals surface area contributed by atoms with Crippen LogP contribution in [-0.2, 0) is 30.1 Å². The first-order valence-corrected chi connectivity index (χ1v) is 20.0. The van der Waals surface area contributed by atoms with E-state index >= 15 is 0 Å². The minimum absolute atomic E-state index is 0. The Kier molecular flexibility index (Phi) is 14.3. The number of halogens is 4. The molecule has 17 heteroatoms. The summed E-state index contributed by atoms with van der Waals surface area (Å²) in [6.45, 7) is 11.0. The smallest absolute Gasteiger partial charge is 0.378 e. The zero-order chi connectivity index (χ0) is 41.2. The van der Waals surface area contributed by atoms with Crippen molar-refractivity contribution in [2.75, 3.05) is 43.0 Å². The molecule has 0 radical (unpaired) electrons. The molecule has 3 aliphatic heterocycles. The summed E-state index contributed by atoms with van der Waals surface area (Å²) in [6, 6.07) is 12.3. The van der Waals surface area contributed by atoms with Crippen molar-refractivity contribution in [2.45, 2.75) is 115 Å². The fourth-order valence-electron chi connectivity index (χ4n) is 8.83. The minimum atomic E-state index is -4.76. The lowest BCUT2D eigenvalue weighted by atomic mass is 9.89. The Balaban J connectivity index is 0.00000641. The van der Waals surface area contributed by atoms with Crippen molar-refractivity contribution in [3.05, 3.63) is 59.2 Å². The molecule has 12 nitrogen and oxygen atoms in total. The predicted octanol–water partition coefficient (Wildman–Crippen LogP) is 5.98. The zero-order valence-electron chi connectivity index (χ0n) is 33.1. The third-order valence-electron chi connectivity index (χ3n) is 11.7. The number of carbonyl (C=O) groups excluding carboxylic acids is 4. The molecule has 3 saturated heterocycles. The van der Waals surface area contributed by atoms with Crippen LogP contribution in [0.15, 0.2) is 42.5 Å². The van der Waals surface area contributed by atoms with Gasteiger partial charge >= 0.3 is 6.18 Å². The first kappa shape index (κ1) is 45.0. The van der Waals surface area contributed by atoms with E-state index in [9.17, 15) is 37.6 Å². The molecule has 6 rings (SSSR count). The van der Waals surface area contributed by atoms with Crippen LogP contribution >= 0.6 is 24.6 Å². The van der Waals surface area contributed by atoms with Crippen LogP contribution in [0.3, 0.4) is 0 Å². The second-order valence-corrected chi connectivity index (χ2v) is 16.5. The fourth-order valence-corrected chi connectivity index (χ4v) is 9.40. The average Bonchev–Trinajstić information content (AvgIpc) is 3.33. The first-order valence-electron chi connectivity index (χ1n) is 19.6. The number of benzene rings is 2. The van der Waals surface area contributed by atoms with E-state index in [1.807, 2.05) is 11.0 Å². The number of nitrogens with one attached hydrogen (secondary N) is 2. The Hall–Kier alpha value is -4.14. The third-order valence-corrected chi connectivity index (χ3v) is 12.1. The average molecular weight is 846 g/mol. The Bertz CT molecular complexity index is 1920. The van der Waals surface area contributed by atoms with Crippen LogP contribution in [0, 0.1) is 11.3 Å². The molecule has 3 heterocycles. The molecule has 4 amide bonds. The quantitative estimate of drug-likeness (QED) is 0.158. The number of amides is 4. The number of imide groups is 1. The fraction of sp³-hybridized carbons (Fsp3) is 0.561. The van der Waals surface area contributed by atoms with E-state index in [0.29, 0.717) is 31.6 Å². The lowest BCUT2D eigenvalue weighted by Gasteiger charge is -2.44. The number of piperidine rings is 1. The minimum Gasteiger partial charge on any atom is -0.378 e. The molecule has 58 heavy (non-hydrogen) atoms. The highest BCUT2D eigenvalue weighted by molar-refractivity contribution is 7.80. The summed E-state index contributed by atoms with van der Waals surface area (Å²) in [7, 11) is 0. The van der Waals surface area contributed by atoms with Gasteiger partial charge in [0.05, 0.1) is 41.5 Å². The van der Waals surface area contributed by atoms with Crippen LogP contribution in [0.25, 0.3) is 0 Å². The summed E-state index contributed by atoms with van der Waals surface area (Å²) in [6.07, 6.45) is -0.172. The number of rotatable bonds is 11. The molecule has 2 N–H and O–H groups in total. The molecule has 4 fully saturated rings. The van der Waals surface area contributed by atoms with Gasteiger partial charge in [-0.2, -0.15) is 18.4 Å². The highest BCUT2D eigenvalue weighted by Crippen LogP contribution is 2.41. The second-order valence-electron chi connectivity index (χ2n) is 16.2. The van der Waals surface area contributed by atoms with Crippen molar-refractivity contribution in [2.24, 2.45) is 0 Å². The van der Waals surface area contributed by atoms with Gasteiger partial charge in [0.25, 0.3) is 5.91 Å². The first-order chi connectivity index (χ1) is 27.0. The topological polar surface area (TPSA) is 138 Å². The Morgan fingerprint density at radius 1 is 1.03 bits per heavy atom. The summed E-state index contributed by atoms with van der Waals surface area (Å²) in [5.74, 6) is -1.54. The summed E-state index contributed by atoms with van der Waals surface area (Å²) in [5, 5.41) is 14.7. The molecule has 1 unspecified atom stereocenters. The van der Waals surface area contributed by atoms with E-state index in [-0.39, 0.29) is 78.1 Å². The third kappa shape index (κ3) is 9.82. The maximum Gasteiger partial charge on any atom is 0.417 e. The van der Waals surface area contributed by atoms with E-state index in [1.54, 1.807) is 38.1 Å². The normalized spacial score (nSPS) is 25.6. The van der Waals surface area contributed by atoms with Crippen molar-refractivity contribution in [1.82, 2.24) is 20.0 Å². The number of anilines is 2. The number of hydrogen-bond donors (Lipinski definition) is 2. The number of piperazine rings is 1. The van der Waals surface area contributed by atoms with Gasteiger partial charge in [0, 0.05) is 56.5 Å². The van der Waals surface area contributed by atoms with Crippen LogP contribution < -0.4 is 15.5 Å². The maximum absolute atomic E-state index is 13.7. The standard InChI is InChI=1S/C41H50F3N7O5S.ClH/c1-25-22-48(23-26(2)49(25)24-36(53)46-29-8-5-7-27(19-29)33-15-16-35(52)47-37(33)54)17-6-18-56-32-13-11-30(12-14-32)51-39(57)50(38(55)40(51,3)4)31-10-9-28(21-45)34(20-31)41(42,43)44;/h5,7-10,19-20,25-26,30,32-33H,6,11-18,22-24H2,1-4H3,(H,46,53)(H,47,52,54);1H/t25-,26+,30?,32?,33?;. The Morgan fingerprint density at radius 2 is 1.72 bits per heavy atom. The van der Waals surface area contributed by atoms with Gasteiger partial charge in [0.1, 0.15) is 5.54 Å². The van der Waals surface area contributed by atoms with Gasteiger partial charge in [0.15, 0.2) is 5.11 Å². The largest absolute Gasteiger partial charge is 0.417 e. The number of alkyl halides is 3. The zero-order valence-corrected chi connectivity index (χ0v) is 34.8. The highest BCUT2D eigenvalue weighted by Gasteiger charge is 2.52. The monoisotopic (exact) mass is 845 g/mol.